The summed E-state index contributed by atoms with van der Waals surface area (Å²) in [7, 11) is 2.20. The molecule has 138 valence electrons. The molecule has 3 rings (SSSR count). The maximum absolute atomic E-state index is 12.9. The van der Waals surface area contributed by atoms with Gasteiger partial charge in [0.15, 0.2) is 0 Å². The second kappa shape index (κ2) is 8.33. The lowest BCUT2D eigenvalue weighted by Crippen LogP contribution is -2.54. The topological polar surface area (TPSA) is 32.8 Å². The highest BCUT2D eigenvalue weighted by molar-refractivity contribution is 5.77. The first-order valence-electron chi connectivity index (χ1n) is 9.77. The number of benzene rings is 1. The fraction of sp³-hybridized carbons (Fsp3) is 0.667. The van der Waals surface area contributed by atoms with Crippen molar-refractivity contribution in [3.63, 3.8) is 0 Å². The summed E-state index contributed by atoms with van der Waals surface area (Å²) in [5.74, 6) is -0.00326. The van der Waals surface area contributed by atoms with Gasteiger partial charge in [-0.2, -0.15) is 0 Å². The van der Waals surface area contributed by atoms with E-state index < -0.39 is 0 Å². The van der Waals surface area contributed by atoms with Crippen LogP contribution in [0.2, 0.25) is 0 Å². The lowest BCUT2D eigenvalue weighted by atomic mass is 9.74. The third-order valence-electron chi connectivity index (χ3n) is 5.90. The second-order valence-electron chi connectivity index (χ2n) is 7.77. The highest BCUT2D eigenvalue weighted by atomic mass is 16.5. The molecule has 2 saturated heterocycles. The minimum absolute atomic E-state index is 0.00326. The van der Waals surface area contributed by atoms with Crippen LogP contribution >= 0.6 is 0 Å². The molecule has 25 heavy (non-hydrogen) atoms. The second-order valence-corrected chi connectivity index (χ2v) is 7.77. The fourth-order valence-electron chi connectivity index (χ4n) is 4.49. The van der Waals surface area contributed by atoms with Crippen molar-refractivity contribution in [2.45, 2.75) is 45.1 Å². The molecule has 0 radical (unpaired) electrons. The van der Waals surface area contributed by atoms with E-state index in [1.165, 1.54) is 18.4 Å². The minimum atomic E-state index is -0.390. The Morgan fingerprint density at radius 3 is 2.60 bits per heavy atom. The van der Waals surface area contributed by atoms with Gasteiger partial charge < -0.3 is 9.64 Å². The van der Waals surface area contributed by atoms with Crippen LogP contribution < -0.4 is 0 Å². The lowest BCUT2D eigenvalue weighted by molar-refractivity contribution is -0.160. The maximum Gasteiger partial charge on any atom is 0.313 e. The van der Waals surface area contributed by atoms with Crippen molar-refractivity contribution in [3.05, 3.63) is 35.9 Å². The van der Waals surface area contributed by atoms with Crippen LogP contribution in [-0.2, 0) is 16.0 Å². The molecule has 0 aliphatic carbocycles. The molecule has 1 unspecified atom stereocenters. The highest BCUT2D eigenvalue weighted by Crippen LogP contribution is 2.37. The number of nitrogens with zero attached hydrogens (tertiary/aromatic N) is 2. The Balaban J connectivity index is 1.77. The lowest BCUT2D eigenvalue weighted by Gasteiger charge is -2.46. The first kappa shape index (κ1) is 18.4. The van der Waals surface area contributed by atoms with Gasteiger partial charge in [-0.15, -0.1) is 0 Å². The Morgan fingerprint density at radius 2 is 1.92 bits per heavy atom. The number of ether oxygens (including phenoxy) is 1. The summed E-state index contributed by atoms with van der Waals surface area (Å²) in [6.45, 7) is 6.65. The number of hydrogen-bond donors (Lipinski definition) is 0. The minimum Gasteiger partial charge on any atom is -0.466 e. The summed E-state index contributed by atoms with van der Waals surface area (Å²) in [5, 5.41) is 0. The van der Waals surface area contributed by atoms with E-state index in [0.29, 0.717) is 12.6 Å². The van der Waals surface area contributed by atoms with E-state index in [2.05, 4.69) is 41.1 Å². The molecule has 2 heterocycles. The number of carbonyl (C=O) groups is 1. The number of hydrogen-bond acceptors (Lipinski definition) is 4. The molecule has 1 atom stereocenters. The van der Waals surface area contributed by atoms with Gasteiger partial charge in [0.25, 0.3) is 0 Å². The summed E-state index contributed by atoms with van der Waals surface area (Å²) in [6, 6.07) is 11.0. The van der Waals surface area contributed by atoms with Gasteiger partial charge in [0, 0.05) is 12.6 Å². The predicted octanol–water partition coefficient (Wildman–Crippen LogP) is 2.97. The summed E-state index contributed by atoms with van der Waals surface area (Å²) >= 11 is 0. The van der Waals surface area contributed by atoms with Crippen LogP contribution in [0.1, 0.15) is 38.2 Å². The molecular weight excluding hydrogens is 312 g/mol. The maximum atomic E-state index is 12.9. The van der Waals surface area contributed by atoms with Gasteiger partial charge in [-0.1, -0.05) is 30.3 Å². The quantitative estimate of drug-likeness (QED) is 0.769. The number of piperidine rings is 2. The van der Waals surface area contributed by atoms with Crippen molar-refractivity contribution < 1.29 is 9.53 Å². The Labute approximate surface area is 152 Å². The van der Waals surface area contributed by atoms with Crippen LogP contribution in [0.4, 0.5) is 0 Å². The van der Waals surface area contributed by atoms with Gasteiger partial charge in [0.05, 0.1) is 12.0 Å². The van der Waals surface area contributed by atoms with Crippen molar-refractivity contribution in [2.24, 2.45) is 5.41 Å². The molecule has 0 saturated carbocycles. The number of rotatable bonds is 5. The van der Waals surface area contributed by atoms with Crippen LogP contribution in [0.3, 0.4) is 0 Å². The molecule has 0 amide bonds. The Morgan fingerprint density at radius 1 is 1.20 bits per heavy atom. The Kier molecular flexibility index (Phi) is 6.13. The van der Waals surface area contributed by atoms with Gasteiger partial charge in [-0.25, -0.2) is 0 Å². The summed E-state index contributed by atoms with van der Waals surface area (Å²) in [5.41, 5.74) is 0.847. The summed E-state index contributed by atoms with van der Waals surface area (Å²) < 4.78 is 5.54. The largest absolute Gasteiger partial charge is 0.466 e. The zero-order valence-corrected chi connectivity index (χ0v) is 15.7. The van der Waals surface area contributed by atoms with Crippen molar-refractivity contribution in [1.82, 2.24) is 9.80 Å². The average Bonchev–Trinajstić information content (AvgIpc) is 2.63. The van der Waals surface area contributed by atoms with E-state index in [1.807, 2.05) is 13.0 Å². The standard InChI is InChI=1S/C21H32N2O2/c1-3-25-20(24)21(16-18-8-5-4-6-9-18)12-7-13-23(17-21)19-10-14-22(2)15-11-19/h4-6,8-9,19H,3,7,10-17H2,1-2H3. The zero-order chi connectivity index (χ0) is 17.7. The summed E-state index contributed by atoms with van der Waals surface area (Å²) in [6.07, 6.45) is 5.22. The van der Waals surface area contributed by atoms with E-state index >= 15 is 0 Å². The van der Waals surface area contributed by atoms with E-state index in [9.17, 15) is 4.79 Å². The molecule has 4 heteroatoms. The van der Waals surface area contributed by atoms with Crippen LogP contribution in [-0.4, -0.2) is 61.6 Å². The normalized spacial score (nSPS) is 26.5. The molecule has 0 aromatic heterocycles. The molecule has 1 aromatic carbocycles. The SMILES string of the molecule is CCOC(=O)C1(Cc2ccccc2)CCCN(C2CCN(C)CC2)C1. The highest BCUT2D eigenvalue weighted by Gasteiger charge is 2.45. The number of likely N-dealkylation sites (tertiary alicyclic amines) is 2. The van der Waals surface area contributed by atoms with E-state index in [0.717, 1.165) is 45.4 Å². The third-order valence-corrected chi connectivity index (χ3v) is 5.90. The molecule has 2 fully saturated rings. The monoisotopic (exact) mass is 344 g/mol. The van der Waals surface area contributed by atoms with Crippen molar-refractivity contribution in [3.8, 4) is 0 Å². The first-order chi connectivity index (χ1) is 12.1. The van der Waals surface area contributed by atoms with Crippen LogP contribution in [0.15, 0.2) is 30.3 Å². The predicted molar refractivity (Wildman–Crippen MR) is 101 cm³/mol. The number of carbonyl (C=O) groups excluding carboxylic acids is 1. The average molecular weight is 344 g/mol. The van der Waals surface area contributed by atoms with Gasteiger partial charge in [0.1, 0.15) is 0 Å². The van der Waals surface area contributed by atoms with Crippen molar-refractivity contribution >= 4 is 5.97 Å². The van der Waals surface area contributed by atoms with E-state index in [4.69, 9.17) is 4.74 Å². The van der Waals surface area contributed by atoms with Gasteiger partial charge >= 0.3 is 5.97 Å². The molecule has 2 aliphatic rings. The van der Waals surface area contributed by atoms with Crippen LogP contribution in [0.5, 0.6) is 0 Å². The smallest absolute Gasteiger partial charge is 0.313 e. The summed E-state index contributed by atoms with van der Waals surface area (Å²) in [4.78, 5) is 17.9. The molecule has 0 bridgehead atoms. The third kappa shape index (κ3) is 4.42. The Bertz CT molecular complexity index is 554. The molecule has 1 aromatic rings. The molecule has 0 spiro atoms. The molecule has 2 aliphatic heterocycles. The van der Waals surface area contributed by atoms with E-state index in [-0.39, 0.29) is 11.4 Å². The van der Waals surface area contributed by atoms with Crippen molar-refractivity contribution in [1.29, 1.82) is 0 Å². The van der Waals surface area contributed by atoms with Crippen LogP contribution in [0.25, 0.3) is 0 Å². The molecule has 4 nitrogen and oxygen atoms in total. The van der Waals surface area contributed by atoms with E-state index in [1.54, 1.807) is 0 Å². The molecule has 0 N–H and O–H groups in total. The fourth-order valence-corrected chi connectivity index (χ4v) is 4.49. The zero-order valence-electron chi connectivity index (χ0n) is 15.7. The first-order valence-corrected chi connectivity index (χ1v) is 9.77. The molecular formula is C21H32N2O2. The van der Waals surface area contributed by atoms with Crippen LogP contribution in [0, 0.1) is 5.41 Å². The van der Waals surface area contributed by atoms with Gasteiger partial charge in [-0.3, -0.25) is 9.69 Å². The number of esters is 1. The van der Waals surface area contributed by atoms with Gasteiger partial charge in [-0.05, 0) is 71.3 Å². The Hall–Kier alpha value is -1.39. The van der Waals surface area contributed by atoms with Gasteiger partial charge in [0.2, 0.25) is 0 Å². The van der Waals surface area contributed by atoms with Crippen molar-refractivity contribution in [2.75, 3.05) is 39.8 Å².